The van der Waals surface area contributed by atoms with Crippen LogP contribution in [0.15, 0.2) is 65.2 Å². The zero-order valence-electron chi connectivity index (χ0n) is 13.5. The van der Waals surface area contributed by atoms with E-state index in [-0.39, 0.29) is 5.76 Å². The molecule has 124 valence electrons. The zero-order valence-corrected chi connectivity index (χ0v) is 13.5. The number of hydrogen-bond donors (Lipinski definition) is 0. The summed E-state index contributed by atoms with van der Waals surface area (Å²) < 4.78 is 12.3. The Balaban J connectivity index is 1.80. The first-order valence-electron chi connectivity index (χ1n) is 7.80. The van der Waals surface area contributed by atoms with Crippen molar-refractivity contribution >= 4 is 17.0 Å². The van der Waals surface area contributed by atoms with E-state index in [2.05, 4.69) is 9.72 Å². The maximum absolute atomic E-state index is 11.6. The smallest absolute Gasteiger partial charge is 0.373 e. The minimum absolute atomic E-state index is 0.182. The Bertz CT molecular complexity index is 1030. The number of para-hydroxylation sites is 2. The second-order valence-corrected chi connectivity index (χ2v) is 5.48. The molecule has 0 saturated carbocycles. The molecular formula is C19H15N3O3. The average molecular weight is 333 g/mol. The number of imidazole rings is 1. The van der Waals surface area contributed by atoms with Crippen LogP contribution in [0.25, 0.3) is 22.6 Å². The number of aromatic nitrogens is 3. The molecule has 4 aromatic rings. The third-order valence-electron chi connectivity index (χ3n) is 3.91. The SMILES string of the molecule is COC(=O)c1ccc(Cn2c(-c3ccccn3)nc3ccccc32)o1. The van der Waals surface area contributed by atoms with Gasteiger partial charge in [-0.25, -0.2) is 9.78 Å². The summed E-state index contributed by atoms with van der Waals surface area (Å²) in [6, 6.07) is 17.0. The number of rotatable bonds is 4. The van der Waals surface area contributed by atoms with Crippen molar-refractivity contribution in [2.24, 2.45) is 0 Å². The van der Waals surface area contributed by atoms with Gasteiger partial charge in [-0.1, -0.05) is 18.2 Å². The van der Waals surface area contributed by atoms with Crippen molar-refractivity contribution in [3.05, 3.63) is 72.3 Å². The predicted molar refractivity (Wildman–Crippen MR) is 92.1 cm³/mol. The number of carbonyl (C=O) groups is 1. The molecule has 3 aromatic heterocycles. The van der Waals surface area contributed by atoms with Crippen LogP contribution >= 0.6 is 0 Å². The van der Waals surface area contributed by atoms with Gasteiger partial charge in [-0.2, -0.15) is 0 Å². The number of hydrogen-bond acceptors (Lipinski definition) is 5. The number of carbonyl (C=O) groups excluding carboxylic acids is 1. The van der Waals surface area contributed by atoms with Crippen LogP contribution in [-0.2, 0) is 11.3 Å². The number of nitrogens with zero attached hydrogens (tertiary/aromatic N) is 3. The predicted octanol–water partition coefficient (Wildman–Crippen LogP) is 3.53. The molecule has 0 N–H and O–H groups in total. The summed E-state index contributed by atoms with van der Waals surface area (Å²) in [4.78, 5) is 20.7. The molecule has 0 aliphatic carbocycles. The first-order chi connectivity index (χ1) is 12.3. The Morgan fingerprint density at radius 2 is 1.96 bits per heavy atom. The minimum atomic E-state index is -0.494. The molecule has 0 fully saturated rings. The first kappa shape index (κ1) is 15.1. The van der Waals surface area contributed by atoms with Gasteiger partial charge in [0.2, 0.25) is 5.76 Å². The molecule has 25 heavy (non-hydrogen) atoms. The summed E-state index contributed by atoms with van der Waals surface area (Å²) in [6.45, 7) is 0.434. The van der Waals surface area contributed by atoms with Gasteiger partial charge in [0, 0.05) is 6.20 Å². The number of furan rings is 1. The van der Waals surface area contributed by atoms with E-state index in [1.807, 2.05) is 47.0 Å². The van der Waals surface area contributed by atoms with Crippen molar-refractivity contribution in [1.82, 2.24) is 14.5 Å². The zero-order chi connectivity index (χ0) is 17.2. The van der Waals surface area contributed by atoms with E-state index in [0.717, 1.165) is 22.6 Å². The number of ether oxygens (including phenoxy) is 1. The van der Waals surface area contributed by atoms with Crippen molar-refractivity contribution in [3.8, 4) is 11.5 Å². The van der Waals surface area contributed by atoms with E-state index in [4.69, 9.17) is 9.40 Å². The van der Waals surface area contributed by atoms with Crippen LogP contribution in [-0.4, -0.2) is 27.6 Å². The lowest BCUT2D eigenvalue weighted by molar-refractivity contribution is 0.0563. The van der Waals surface area contributed by atoms with Gasteiger partial charge >= 0.3 is 5.97 Å². The van der Waals surface area contributed by atoms with Gasteiger partial charge < -0.3 is 13.7 Å². The van der Waals surface area contributed by atoms with Crippen molar-refractivity contribution in [1.29, 1.82) is 0 Å². The number of esters is 1. The summed E-state index contributed by atoms with van der Waals surface area (Å²) in [6.07, 6.45) is 1.74. The molecule has 0 aliphatic rings. The third-order valence-corrected chi connectivity index (χ3v) is 3.91. The fourth-order valence-electron chi connectivity index (χ4n) is 2.76. The Kier molecular flexibility index (Phi) is 3.78. The molecule has 0 aliphatic heterocycles. The summed E-state index contributed by atoms with van der Waals surface area (Å²) >= 11 is 0. The molecule has 0 radical (unpaired) electrons. The molecule has 6 nitrogen and oxygen atoms in total. The highest BCUT2D eigenvalue weighted by Crippen LogP contribution is 2.25. The van der Waals surface area contributed by atoms with Crippen molar-refractivity contribution < 1.29 is 13.9 Å². The van der Waals surface area contributed by atoms with E-state index in [1.165, 1.54) is 7.11 Å². The van der Waals surface area contributed by atoms with Crippen LogP contribution in [0.1, 0.15) is 16.3 Å². The summed E-state index contributed by atoms with van der Waals surface area (Å²) in [5, 5.41) is 0. The van der Waals surface area contributed by atoms with Crippen molar-refractivity contribution in [2.75, 3.05) is 7.11 Å². The van der Waals surface area contributed by atoms with Gasteiger partial charge in [0.25, 0.3) is 0 Å². The number of pyridine rings is 1. The second kappa shape index (κ2) is 6.24. The maximum Gasteiger partial charge on any atom is 0.373 e. The average Bonchev–Trinajstić information content (AvgIpc) is 3.27. The fraction of sp³-hybridized carbons (Fsp3) is 0.105. The van der Waals surface area contributed by atoms with E-state index >= 15 is 0 Å². The van der Waals surface area contributed by atoms with E-state index in [1.54, 1.807) is 18.3 Å². The molecule has 0 atom stereocenters. The summed E-state index contributed by atoms with van der Waals surface area (Å²) in [7, 11) is 1.33. The highest BCUT2D eigenvalue weighted by molar-refractivity contribution is 5.86. The van der Waals surface area contributed by atoms with E-state index < -0.39 is 5.97 Å². The monoisotopic (exact) mass is 333 g/mol. The summed E-state index contributed by atoms with van der Waals surface area (Å²) in [5.74, 6) is 1.08. The van der Waals surface area contributed by atoms with Crippen LogP contribution in [0, 0.1) is 0 Å². The Labute approximate surface area is 143 Å². The highest BCUT2D eigenvalue weighted by Gasteiger charge is 2.16. The summed E-state index contributed by atoms with van der Waals surface area (Å²) in [5.41, 5.74) is 2.63. The molecule has 0 saturated heterocycles. The Morgan fingerprint density at radius 1 is 1.12 bits per heavy atom. The lowest BCUT2D eigenvalue weighted by Gasteiger charge is -2.07. The largest absolute Gasteiger partial charge is 0.463 e. The van der Waals surface area contributed by atoms with Crippen LogP contribution < -0.4 is 0 Å². The lowest BCUT2D eigenvalue weighted by Crippen LogP contribution is -2.03. The second-order valence-electron chi connectivity index (χ2n) is 5.48. The van der Waals surface area contributed by atoms with Crippen LogP contribution in [0.4, 0.5) is 0 Å². The maximum atomic E-state index is 11.6. The molecule has 0 unspecified atom stereocenters. The molecule has 1 aromatic carbocycles. The standard InChI is InChI=1S/C19H15N3O3/c1-24-19(23)17-10-9-13(25-17)12-22-16-8-3-2-6-14(16)21-18(22)15-7-4-5-11-20-15/h2-11H,12H2,1H3. The molecule has 0 spiro atoms. The fourth-order valence-corrected chi connectivity index (χ4v) is 2.76. The van der Waals surface area contributed by atoms with Crippen LogP contribution in [0.2, 0.25) is 0 Å². The molecular weight excluding hydrogens is 318 g/mol. The van der Waals surface area contributed by atoms with Gasteiger partial charge in [-0.05, 0) is 36.4 Å². The number of fused-ring (bicyclic) bond motifs is 1. The minimum Gasteiger partial charge on any atom is -0.463 e. The number of methoxy groups -OCH3 is 1. The highest BCUT2D eigenvalue weighted by atomic mass is 16.5. The van der Waals surface area contributed by atoms with Gasteiger partial charge in [0.1, 0.15) is 11.5 Å². The third kappa shape index (κ3) is 2.78. The molecule has 0 bridgehead atoms. The Morgan fingerprint density at radius 3 is 2.76 bits per heavy atom. The van der Waals surface area contributed by atoms with E-state index in [0.29, 0.717) is 12.3 Å². The molecule has 6 heteroatoms. The van der Waals surface area contributed by atoms with Gasteiger partial charge in [0.15, 0.2) is 5.82 Å². The molecule has 4 rings (SSSR count). The Hall–Kier alpha value is -3.41. The lowest BCUT2D eigenvalue weighted by atomic mass is 10.3. The van der Waals surface area contributed by atoms with Crippen molar-refractivity contribution in [2.45, 2.75) is 6.54 Å². The van der Waals surface area contributed by atoms with Gasteiger partial charge in [-0.15, -0.1) is 0 Å². The van der Waals surface area contributed by atoms with Crippen LogP contribution in [0.5, 0.6) is 0 Å². The quantitative estimate of drug-likeness (QED) is 0.534. The topological polar surface area (TPSA) is 70.2 Å². The van der Waals surface area contributed by atoms with E-state index in [9.17, 15) is 4.79 Å². The molecule has 3 heterocycles. The van der Waals surface area contributed by atoms with Gasteiger partial charge in [0.05, 0.1) is 24.7 Å². The first-order valence-corrected chi connectivity index (χ1v) is 7.80. The van der Waals surface area contributed by atoms with Crippen molar-refractivity contribution in [3.63, 3.8) is 0 Å². The normalized spacial score (nSPS) is 10.9. The van der Waals surface area contributed by atoms with Gasteiger partial charge in [-0.3, -0.25) is 4.98 Å². The van der Waals surface area contributed by atoms with Crippen LogP contribution in [0.3, 0.4) is 0 Å². The molecule has 0 amide bonds. The number of benzene rings is 1.